The summed E-state index contributed by atoms with van der Waals surface area (Å²) >= 11 is 0. The summed E-state index contributed by atoms with van der Waals surface area (Å²) in [7, 11) is 1.60. The van der Waals surface area contributed by atoms with E-state index in [4.69, 9.17) is 24.9 Å². The number of carboxylic acids is 1. The van der Waals surface area contributed by atoms with Gasteiger partial charge in [0.1, 0.15) is 23.0 Å². The first-order valence-corrected chi connectivity index (χ1v) is 17.8. The SMILES string of the molecule is CCC(Oc1ccc(OC)cc1)C(=O)NCC(C)c1nc(C(=Nc2cc3c(cc2C)N(CCCC(=O)O)C(C)(C)CC3C)C(=N)C(C)(C)C)n[nH]1. The van der Waals surface area contributed by atoms with Gasteiger partial charge in [-0.25, -0.2) is 9.98 Å². The molecule has 51 heavy (non-hydrogen) atoms. The third-order valence-corrected chi connectivity index (χ3v) is 9.46. The van der Waals surface area contributed by atoms with Crippen LogP contribution in [-0.4, -0.2) is 75.4 Å². The van der Waals surface area contributed by atoms with Crippen LogP contribution >= 0.6 is 0 Å². The Kier molecular flexibility index (Phi) is 12.3. The van der Waals surface area contributed by atoms with Gasteiger partial charge >= 0.3 is 5.97 Å². The fourth-order valence-corrected chi connectivity index (χ4v) is 6.45. The molecule has 1 aliphatic rings. The van der Waals surface area contributed by atoms with Gasteiger partial charge in [-0.15, -0.1) is 0 Å². The van der Waals surface area contributed by atoms with Crippen molar-refractivity contribution < 1.29 is 24.2 Å². The van der Waals surface area contributed by atoms with E-state index < -0.39 is 17.5 Å². The van der Waals surface area contributed by atoms with Crippen LogP contribution in [0.2, 0.25) is 0 Å². The number of hydrogen-bond donors (Lipinski definition) is 4. The highest BCUT2D eigenvalue weighted by Crippen LogP contribution is 2.46. The molecule has 12 heteroatoms. The van der Waals surface area contributed by atoms with Crippen LogP contribution in [-0.2, 0) is 9.59 Å². The number of carboxylic acid groups (broad SMARTS) is 1. The second kappa shape index (κ2) is 16.1. The number of carbonyl (C=O) groups excluding carboxylic acids is 1. The summed E-state index contributed by atoms with van der Waals surface area (Å²) < 4.78 is 11.1. The molecule has 1 aliphatic heterocycles. The maximum absolute atomic E-state index is 13.1. The summed E-state index contributed by atoms with van der Waals surface area (Å²) in [5.74, 6) is 1.21. The number of aryl methyl sites for hydroxylation is 1. The number of nitrogens with zero attached hydrogens (tertiary/aromatic N) is 4. The number of hydrogen-bond acceptors (Lipinski definition) is 9. The van der Waals surface area contributed by atoms with Crippen molar-refractivity contribution in [2.75, 3.05) is 25.1 Å². The Hall–Kier alpha value is -4.74. The Morgan fingerprint density at radius 1 is 1.20 bits per heavy atom. The van der Waals surface area contributed by atoms with E-state index in [0.717, 1.165) is 28.9 Å². The molecule has 2 aromatic carbocycles. The lowest BCUT2D eigenvalue weighted by molar-refractivity contribution is -0.137. The van der Waals surface area contributed by atoms with E-state index in [9.17, 15) is 14.7 Å². The van der Waals surface area contributed by atoms with Crippen LogP contribution in [0.15, 0.2) is 41.4 Å². The molecule has 3 unspecified atom stereocenters. The van der Waals surface area contributed by atoms with E-state index in [0.29, 0.717) is 60.5 Å². The molecule has 0 fully saturated rings. The molecule has 4 rings (SSSR count). The van der Waals surface area contributed by atoms with Gasteiger partial charge < -0.3 is 30.2 Å². The van der Waals surface area contributed by atoms with Crippen LogP contribution in [0.3, 0.4) is 0 Å². The molecule has 4 N–H and O–H groups in total. The van der Waals surface area contributed by atoms with E-state index >= 15 is 0 Å². The van der Waals surface area contributed by atoms with Crippen LogP contribution in [0.25, 0.3) is 0 Å². The number of nitrogens with one attached hydrogen (secondary N) is 3. The van der Waals surface area contributed by atoms with E-state index in [1.165, 1.54) is 0 Å². The van der Waals surface area contributed by atoms with Gasteiger partial charge in [-0.1, -0.05) is 41.5 Å². The molecule has 1 aromatic heterocycles. The fourth-order valence-electron chi connectivity index (χ4n) is 6.45. The average Bonchev–Trinajstić information content (AvgIpc) is 3.56. The second-order valence-corrected chi connectivity index (χ2v) is 15.2. The Balaban J connectivity index is 1.58. The molecule has 276 valence electrons. The third kappa shape index (κ3) is 9.53. The molecule has 0 saturated heterocycles. The number of ether oxygens (including phenoxy) is 2. The standard InChI is InChI=1S/C39H55N7O5/c1-11-31(51-27-16-14-26(50-10)15-17-27)37(49)41-22-25(4)35-43-36(45-44-35)33(34(40)38(5,6)7)42-29-20-28-24(3)21-39(8,9)46(18-12-13-32(47)48)30(28)19-23(29)2/h14-17,19-20,24-25,31,40H,11-13,18,21-22H2,1-10H3,(H,41,49)(H,47,48)(H,43,44,45). The van der Waals surface area contributed by atoms with Crippen LogP contribution < -0.4 is 19.7 Å². The molecular weight excluding hydrogens is 646 g/mol. The second-order valence-electron chi connectivity index (χ2n) is 15.2. The summed E-state index contributed by atoms with van der Waals surface area (Å²) in [5, 5.41) is 28.9. The molecule has 1 amide bonds. The molecule has 0 saturated carbocycles. The fraction of sp³-hybridized carbons (Fsp3) is 0.538. The van der Waals surface area contributed by atoms with Crippen molar-refractivity contribution in [1.82, 2.24) is 20.5 Å². The maximum Gasteiger partial charge on any atom is 0.303 e. The quantitative estimate of drug-likeness (QED) is 0.119. The number of aromatic amines is 1. The Morgan fingerprint density at radius 2 is 1.86 bits per heavy atom. The number of H-pyrrole nitrogens is 1. The minimum atomic E-state index is -0.789. The first-order chi connectivity index (χ1) is 23.9. The number of anilines is 1. The molecule has 3 aromatic rings. The zero-order chi connectivity index (χ0) is 37.7. The van der Waals surface area contributed by atoms with Crippen molar-refractivity contribution in [3.8, 4) is 11.5 Å². The number of methoxy groups -OCH3 is 1. The lowest BCUT2D eigenvalue weighted by atomic mass is 9.79. The van der Waals surface area contributed by atoms with Crippen LogP contribution in [0.4, 0.5) is 11.4 Å². The third-order valence-electron chi connectivity index (χ3n) is 9.46. The van der Waals surface area contributed by atoms with Crippen molar-refractivity contribution in [2.24, 2.45) is 10.4 Å². The van der Waals surface area contributed by atoms with Crippen molar-refractivity contribution in [3.63, 3.8) is 0 Å². The largest absolute Gasteiger partial charge is 0.497 e. The van der Waals surface area contributed by atoms with Gasteiger partial charge in [0.05, 0.1) is 18.5 Å². The van der Waals surface area contributed by atoms with E-state index in [1.54, 1.807) is 31.4 Å². The van der Waals surface area contributed by atoms with Gasteiger partial charge in [0.25, 0.3) is 5.91 Å². The Morgan fingerprint density at radius 3 is 2.47 bits per heavy atom. The van der Waals surface area contributed by atoms with Crippen LogP contribution in [0.5, 0.6) is 11.5 Å². The van der Waals surface area contributed by atoms with Gasteiger partial charge in [0, 0.05) is 42.1 Å². The summed E-state index contributed by atoms with van der Waals surface area (Å²) in [6.07, 6.45) is 1.43. The summed E-state index contributed by atoms with van der Waals surface area (Å²) in [6.45, 7) is 19.3. The van der Waals surface area contributed by atoms with Gasteiger partial charge in [-0.3, -0.25) is 14.7 Å². The molecule has 0 radical (unpaired) electrons. The number of benzene rings is 2. The topological polar surface area (TPSA) is 166 Å². The summed E-state index contributed by atoms with van der Waals surface area (Å²) in [4.78, 5) is 36.5. The number of fused-ring (bicyclic) bond motifs is 1. The molecule has 12 nitrogen and oxygen atoms in total. The molecule has 0 aliphatic carbocycles. The number of carbonyl (C=O) groups is 2. The van der Waals surface area contributed by atoms with Crippen molar-refractivity contribution in [1.29, 1.82) is 5.41 Å². The monoisotopic (exact) mass is 701 g/mol. The number of amides is 1. The lowest BCUT2D eigenvalue weighted by Gasteiger charge is -2.48. The first-order valence-electron chi connectivity index (χ1n) is 17.8. The maximum atomic E-state index is 13.1. The molecule has 3 atom stereocenters. The minimum Gasteiger partial charge on any atom is -0.497 e. The number of aromatic nitrogens is 3. The normalized spacial score (nSPS) is 16.9. The van der Waals surface area contributed by atoms with Crippen molar-refractivity contribution in [2.45, 2.75) is 111 Å². The van der Waals surface area contributed by atoms with Crippen molar-refractivity contribution >= 4 is 34.7 Å². The predicted octanol–water partition coefficient (Wildman–Crippen LogP) is 7.34. The predicted molar refractivity (Wildman–Crippen MR) is 201 cm³/mol. The van der Waals surface area contributed by atoms with Gasteiger partial charge in [-0.05, 0) is 93.5 Å². The summed E-state index contributed by atoms with van der Waals surface area (Å²) in [5.41, 5.74) is 3.95. The molecule has 0 bridgehead atoms. The number of aliphatic carboxylic acids is 1. The van der Waals surface area contributed by atoms with Crippen LogP contribution in [0.1, 0.15) is 116 Å². The number of aliphatic imine (C=N–C) groups is 1. The van der Waals surface area contributed by atoms with Crippen molar-refractivity contribution in [3.05, 3.63) is 59.2 Å². The molecule has 0 spiro atoms. The first kappa shape index (κ1) is 39.1. The van der Waals surface area contributed by atoms with E-state index in [2.05, 4.69) is 53.3 Å². The van der Waals surface area contributed by atoms with E-state index in [1.807, 2.05) is 41.5 Å². The highest BCUT2D eigenvalue weighted by atomic mass is 16.5. The Bertz CT molecular complexity index is 1740. The van der Waals surface area contributed by atoms with E-state index in [-0.39, 0.29) is 29.7 Å². The number of rotatable bonds is 15. The Labute approximate surface area is 302 Å². The van der Waals surface area contributed by atoms with Crippen LogP contribution in [0, 0.1) is 17.7 Å². The highest BCUT2D eigenvalue weighted by Gasteiger charge is 2.37. The average molecular weight is 702 g/mol. The van der Waals surface area contributed by atoms with Gasteiger partial charge in [0.15, 0.2) is 6.10 Å². The highest BCUT2D eigenvalue weighted by molar-refractivity contribution is 6.48. The minimum absolute atomic E-state index is 0.124. The summed E-state index contributed by atoms with van der Waals surface area (Å²) in [6, 6.07) is 11.4. The molecular formula is C39H55N7O5. The molecule has 2 heterocycles. The van der Waals surface area contributed by atoms with Gasteiger partial charge in [0.2, 0.25) is 5.82 Å². The zero-order valence-corrected chi connectivity index (χ0v) is 31.8. The lowest BCUT2D eigenvalue weighted by Crippen LogP contribution is -2.48. The zero-order valence-electron chi connectivity index (χ0n) is 31.8. The van der Waals surface area contributed by atoms with Gasteiger partial charge in [-0.2, -0.15) is 5.10 Å². The smallest absolute Gasteiger partial charge is 0.303 e.